The number of hydrogen-bond donors (Lipinski definition) is 1. The van der Waals surface area contributed by atoms with Crippen LogP contribution in [0.1, 0.15) is 24.0 Å². The Bertz CT molecular complexity index is 1010. The van der Waals surface area contributed by atoms with E-state index in [1.807, 2.05) is 0 Å². The number of nitrogens with zero attached hydrogens (tertiary/aromatic N) is 2. The maximum Gasteiger partial charge on any atom is 0.318 e. The molecule has 2 aliphatic rings. The summed E-state index contributed by atoms with van der Waals surface area (Å²) in [5.74, 6) is 0. The van der Waals surface area contributed by atoms with Gasteiger partial charge >= 0.3 is 6.03 Å². The van der Waals surface area contributed by atoms with Crippen LogP contribution in [0.5, 0.6) is 0 Å². The van der Waals surface area contributed by atoms with E-state index < -0.39 is 0 Å². The van der Waals surface area contributed by atoms with Gasteiger partial charge in [-0.15, -0.1) is 0 Å². The summed E-state index contributed by atoms with van der Waals surface area (Å²) in [5.41, 5.74) is 2.46. The van der Waals surface area contributed by atoms with Crippen LogP contribution >= 0.6 is 0 Å². The molecule has 30 heavy (non-hydrogen) atoms. The zero-order valence-corrected chi connectivity index (χ0v) is 17.3. The van der Waals surface area contributed by atoms with Crippen molar-refractivity contribution in [1.29, 1.82) is 0 Å². The third-order valence-electron chi connectivity index (χ3n) is 6.46. The van der Waals surface area contributed by atoms with Gasteiger partial charge in [-0.1, -0.05) is 72.8 Å². The molecule has 3 aromatic rings. The highest BCUT2D eigenvalue weighted by Crippen LogP contribution is 2.29. The van der Waals surface area contributed by atoms with Gasteiger partial charge in [0.1, 0.15) is 0 Å². The van der Waals surface area contributed by atoms with Gasteiger partial charge in [0.15, 0.2) is 0 Å². The normalized spacial score (nSPS) is 19.7. The smallest absolute Gasteiger partial charge is 0.318 e. The van der Waals surface area contributed by atoms with Gasteiger partial charge in [-0.2, -0.15) is 0 Å². The topological polar surface area (TPSA) is 35.6 Å². The fourth-order valence-corrected chi connectivity index (χ4v) is 4.70. The highest BCUT2D eigenvalue weighted by molar-refractivity contribution is 5.86. The molecule has 0 bridgehead atoms. The second kappa shape index (κ2) is 8.49. The molecular formula is C26H29N3O. The predicted molar refractivity (Wildman–Crippen MR) is 121 cm³/mol. The molecule has 4 nitrogen and oxygen atoms in total. The molecular weight excluding hydrogens is 370 g/mol. The van der Waals surface area contributed by atoms with Gasteiger partial charge < -0.3 is 10.2 Å². The largest absolute Gasteiger partial charge is 0.334 e. The standard InChI is InChI=1S/C26H29N3O/c30-26(27-18-22-11-6-10-21-9-4-5-12-25(21)22)29-16-15-28(23-13-14-23)19-24(29)17-20-7-2-1-3-8-20/h1-12,23-24H,13-19H2,(H,27,30). The first kappa shape index (κ1) is 19.1. The average molecular weight is 400 g/mol. The fourth-order valence-electron chi connectivity index (χ4n) is 4.70. The van der Waals surface area contributed by atoms with Crippen LogP contribution in [0.2, 0.25) is 0 Å². The van der Waals surface area contributed by atoms with Crippen molar-refractivity contribution in [2.24, 2.45) is 0 Å². The second-order valence-corrected chi connectivity index (χ2v) is 8.56. The SMILES string of the molecule is O=C(NCc1cccc2ccccc12)N1CCN(C2CC2)CC1Cc1ccccc1. The first-order valence-electron chi connectivity index (χ1n) is 11.1. The third kappa shape index (κ3) is 4.19. The van der Waals surface area contributed by atoms with Crippen LogP contribution in [-0.2, 0) is 13.0 Å². The lowest BCUT2D eigenvalue weighted by atomic mass is 10.0. The number of carbonyl (C=O) groups excluding carboxylic acids is 1. The molecule has 1 aliphatic heterocycles. The summed E-state index contributed by atoms with van der Waals surface area (Å²) in [5, 5.41) is 5.63. The molecule has 4 heteroatoms. The molecule has 1 heterocycles. The first-order chi connectivity index (χ1) is 14.8. The Morgan fingerprint density at radius 1 is 0.900 bits per heavy atom. The second-order valence-electron chi connectivity index (χ2n) is 8.56. The summed E-state index contributed by atoms with van der Waals surface area (Å²) >= 11 is 0. The van der Waals surface area contributed by atoms with E-state index in [0.29, 0.717) is 6.54 Å². The molecule has 0 radical (unpaired) electrons. The number of benzene rings is 3. The number of piperazine rings is 1. The van der Waals surface area contributed by atoms with E-state index in [2.05, 4.69) is 87.9 Å². The molecule has 1 saturated carbocycles. The molecule has 1 aliphatic carbocycles. The van der Waals surface area contributed by atoms with Crippen LogP contribution in [0.25, 0.3) is 10.8 Å². The van der Waals surface area contributed by atoms with Gasteiger partial charge in [0, 0.05) is 32.2 Å². The van der Waals surface area contributed by atoms with E-state index in [1.165, 1.54) is 29.2 Å². The van der Waals surface area contributed by atoms with Crippen LogP contribution in [0.3, 0.4) is 0 Å². The lowest BCUT2D eigenvalue weighted by Crippen LogP contribution is -2.58. The maximum atomic E-state index is 13.2. The van der Waals surface area contributed by atoms with Crippen LogP contribution in [0.4, 0.5) is 4.79 Å². The lowest BCUT2D eigenvalue weighted by Gasteiger charge is -2.41. The molecule has 0 aromatic heterocycles. The number of hydrogen-bond acceptors (Lipinski definition) is 2. The molecule has 1 atom stereocenters. The van der Waals surface area contributed by atoms with Crippen molar-refractivity contribution in [3.63, 3.8) is 0 Å². The molecule has 1 unspecified atom stereocenters. The van der Waals surface area contributed by atoms with Gasteiger partial charge in [0.2, 0.25) is 0 Å². The molecule has 2 amide bonds. The number of rotatable bonds is 5. The third-order valence-corrected chi connectivity index (χ3v) is 6.46. The van der Waals surface area contributed by atoms with Crippen molar-refractivity contribution in [2.45, 2.75) is 37.9 Å². The van der Waals surface area contributed by atoms with Crippen LogP contribution in [0.15, 0.2) is 72.8 Å². The minimum atomic E-state index is 0.0549. The zero-order chi connectivity index (χ0) is 20.3. The van der Waals surface area contributed by atoms with Crippen LogP contribution < -0.4 is 5.32 Å². The Labute approximate surface area is 178 Å². The monoisotopic (exact) mass is 399 g/mol. The van der Waals surface area contributed by atoms with Crippen molar-refractivity contribution in [1.82, 2.24) is 15.1 Å². The van der Waals surface area contributed by atoms with E-state index >= 15 is 0 Å². The van der Waals surface area contributed by atoms with Gasteiger partial charge in [-0.25, -0.2) is 4.79 Å². The zero-order valence-electron chi connectivity index (χ0n) is 17.3. The van der Waals surface area contributed by atoms with Crippen molar-refractivity contribution < 1.29 is 4.79 Å². The Balaban J connectivity index is 1.29. The molecule has 154 valence electrons. The summed E-state index contributed by atoms with van der Waals surface area (Å²) in [6, 6.07) is 26.2. The van der Waals surface area contributed by atoms with Gasteiger partial charge in [-0.05, 0) is 41.2 Å². The molecule has 5 rings (SSSR count). The number of fused-ring (bicyclic) bond motifs is 1. The average Bonchev–Trinajstić information content (AvgIpc) is 3.64. The minimum absolute atomic E-state index is 0.0549. The van der Waals surface area contributed by atoms with Gasteiger partial charge in [-0.3, -0.25) is 4.90 Å². The molecule has 1 saturated heterocycles. The van der Waals surface area contributed by atoms with Gasteiger partial charge in [0.05, 0.1) is 6.04 Å². The molecule has 1 N–H and O–H groups in total. The summed E-state index contributed by atoms with van der Waals surface area (Å²) < 4.78 is 0. The fraction of sp³-hybridized carbons (Fsp3) is 0.346. The van der Waals surface area contributed by atoms with Crippen molar-refractivity contribution in [3.8, 4) is 0 Å². The summed E-state index contributed by atoms with van der Waals surface area (Å²) in [6.45, 7) is 3.31. The quantitative estimate of drug-likeness (QED) is 0.688. The highest BCUT2D eigenvalue weighted by atomic mass is 16.2. The highest BCUT2D eigenvalue weighted by Gasteiger charge is 2.37. The van der Waals surface area contributed by atoms with Crippen molar-refractivity contribution in [3.05, 3.63) is 83.9 Å². The van der Waals surface area contributed by atoms with E-state index in [0.717, 1.165) is 37.7 Å². The first-order valence-corrected chi connectivity index (χ1v) is 11.1. The molecule has 2 fully saturated rings. The Kier molecular flexibility index (Phi) is 5.41. The minimum Gasteiger partial charge on any atom is -0.334 e. The predicted octanol–water partition coefficient (Wildman–Crippen LogP) is 4.44. The van der Waals surface area contributed by atoms with Gasteiger partial charge in [0.25, 0.3) is 0 Å². The van der Waals surface area contributed by atoms with Crippen LogP contribution in [-0.4, -0.2) is 47.5 Å². The Morgan fingerprint density at radius 3 is 2.50 bits per heavy atom. The van der Waals surface area contributed by atoms with E-state index in [4.69, 9.17) is 0 Å². The van der Waals surface area contributed by atoms with E-state index in [-0.39, 0.29) is 12.1 Å². The van der Waals surface area contributed by atoms with E-state index in [9.17, 15) is 4.79 Å². The van der Waals surface area contributed by atoms with E-state index in [1.54, 1.807) is 0 Å². The maximum absolute atomic E-state index is 13.2. The summed E-state index contributed by atoms with van der Waals surface area (Å²) in [4.78, 5) is 17.8. The Hall–Kier alpha value is -2.85. The van der Waals surface area contributed by atoms with Crippen molar-refractivity contribution >= 4 is 16.8 Å². The number of urea groups is 1. The molecule has 3 aromatic carbocycles. The summed E-state index contributed by atoms with van der Waals surface area (Å²) in [7, 11) is 0. The Morgan fingerprint density at radius 2 is 1.67 bits per heavy atom. The van der Waals surface area contributed by atoms with Crippen molar-refractivity contribution in [2.75, 3.05) is 19.6 Å². The lowest BCUT2D eigenvalue weighted by molar-refractivity contribution is 0.0891. The molecule has 0 spiro atoms. The number of nitrogens with one attached hydrogen (secondary N) is 1. The summed E-state index contributed by atoms with van der Waals surface area (Å²) in [6.07, 6.45) is 3.53. The number of amides is 2. The number of carbonyl (C=O) groups is 1. The van der Waals surface area contributed by atoms with Crippen LogP contribution in [0, 0.1) is 0 Å².